The van der Waals surface area contributed by atoms with Gasteiger partial charge < -0.3 is 24.6 Å². The SMILES string of the molecule is C[C@H]1Oc2c(cc(C3CN(C4CCN(C(=O)OC(C)(C)C)C4)C3)cc2C2CC2)Nc2ncnc(N3CCS(=O)(=O)CC3)c21. The van der Waals surface area contributed by atoms with E-state index in [4.69, 9.17) is 9.47 Å². The minimum atomic E-state index is -3.01. The first-order chi connectivity index (χ1) is 20.4. The molecule has 1 unspecified atom stereocenters. The first-order valence-electron chi connectivity index (χ1n) is 15.6. The Labute approximate surface area is 253 Å². The van der Waals surface area contributed by atoms with Crippen molar-refractivity contribution in [2.75, 3.05) is 61.0 Å². The molecule has 1 N–H and O–H groups in total. The Hall–Kier alpha value is -3.12. The average Bonchev–Trinajstić information content (AvgIpc) is 3.66. The van der Waals surface area contributed by atoms with Crippen molar-refractivity contribution in [3.05, 3.63) is 35.2 Å². The lowest BCUT2D eigenvalue weighted by atomic mass is 9.87. The lowest BCUT2D eigenvalue weighted by Gasteiger charge is -2.43. The van der Waals surface area contributed by atoms with Crippen molar-refractivity contribution < 1.29 is 22.7 Å². The van der Waals surface area contributed by atoms with E-state index >= 15 is 0 Å². The fourth-order valence-corrected chi connectivity index (χ4v) is 7.99. The second-order valence-corrected chi connectivity index (χ2v) is 16.1. The van der Waals surface area contributed by atoms with E-state index in [-0.39, 0.29) is 23.7 Å². The molecule has 1 aromatic heterocycles. The predicted octanol–water partition coefficient (Wildman–Crippen LogP) is 4.19. The zero-order valence-corrected chi connectivity index (χ0v) is 26.3. The molecule has 12 heteroatoms. The fourth-order valence-electron chi connectivity index (χ4n) is 6.79. The standard InChI is InChI=1S/C31H42N6O5S/c1-19-26-28(32-18-33-29(26)35-9-11-43(39,40)12-10-35)34-25-14-21(13-24(20-5-6-20)27(25)41-19)22-15-37(16-22)23-7-8-36(17-23)30(38)42-31(2,3)4/h13-14,18-20,22-23H,5-12,15-17H2,1-4H3,(H,32,33,34)/t19-,23?/m1/s1. The van der Waals surface area contributed by atoms with Crippen LogP contribution in [0.4, 0.5) is 22.1 Å². The first-order valence-corrected chi connectivity index (χ1v) is 17.4. The van der Waals surface area contributed by atoms with Gasteiger partial charge in [-0.15, -0.1) is 0 Å². The molecule has 1 saturated carbocycles. The number of benzene rings is 1. The number of sulfone groups is 1. The van der Waals surface area contributed by atoms with Gasteiger partial charge in [0.25, 0.3) is 0 Å². The Morgan fingerprint density at radius 3 is 2.47 bits per heavy atom. The van der Waals surface area contributed by atoms with Crippen molar-refractivity contribution in [1.82, 2.24) is 19.8 Å². The van der Waals surface area contributed by atoms with Gasteiger partial charge in [0.05, 0.1) is 22.8 Å². The summed E-state index contributed by atoms with van der Waals surface area (Å²) < 4.78 is 36.4. The number of hydrogen-bond donors (Lipinski definition) is 1. The van der Waals surface area contributed by atoms with Crippen LogP contribution in [-0.2, 0) is 14.6 Å². The summed E-state index contributed by atoms with van der Waals surface area (Å²) in [4.78, 5) is 28.2. The minimum absolute atomic E-state index is 0.127. The number of nitrogens with one attached hydrogen (secondary N) is 1. The molecule has 2 atom stereocenters. The third-order valence-corrected chi connectivity index (χ3v) is 10.9. The van der Waals surface area contributed by atoms with Crippen LogP contribution in [0.2, 0.25) is 0 Å². The maximum atomic E-state index is 12.6. The number of aromatic nitrogens is 2. The quantitative estimate of drug-likeness (QED) is 0.540. The van der Waals surface area contributed by atoms with Crippen molar-refractivity contribution in [1.29, 1.82) is 0 Å². The van der Waals surface area contributed by atoms with Gasteiger partial charge in [-0.2, -0.15) is 0 Å². The number of nitrogens with zero attached hydrogens (tertiary/aromatic N) is 5. The van der Waals surface area contributed by atoms with Crippen LogP contribution in [0.1, 0.15) is 81.6 Å². The van der Waals surface area contributed by atoms with Crippen LogP contribution in [0.15, 0.2) is 18.5 Å². The van der Waals surface area contributed by atoms with E-state index in [1.165, 1.54) is 11.1 Å². The third kappa shape index (κ3) is 5.75. The van der Waals surface area contributed by atoms with Gasteiger partial charge in [0.2, 0.25) is 0 Å². The maximum absolute atomic E-state index is 12.6. The monoisotopic (exact) mass is 610 g/mol. The van der Waals surface area contributed by atoms with Crippen LogP contribution in [0, 0.1) is 0 Å². The van der Waals surface area contributed by atoms with Gasteiger partial charge >= 0.3 is 6.09 Å². The topological polar surface area (TPSA) is 117 Å². The van der Waals surface area contributed by atoms with Crippen LogP contribution in [0.3, 0.4) is 0 Å². The van der Waals surface area contributed by atoms with E-state index in [2.05, 4.69) is 32.3 Å². The van der Waals surface area contributed by atoms with Crippen molar-refractivity contribution in [2.24, 2.45) is 0 Å². The zero-order valence-electron chi connectivity index (χ0n) is 25.5. The molecule has 1 aromatic carbocycles. The molecule has 43 heavy (non-hydrogen) atoms. The number of rotatable bonds is 4. The predicted molar refractivity (Wildman–Crippen MR) is 164 cm³/mol. The number of carbonyl (C=O) groups excluding carboxylic acids is 1. The summed E-state index contributed by atoms with van der Waals surface area (Å²) in [6.07, 6.45) is 4.33. The van der Waals surface area contributed by atoms with Crippen LogP contribution in [0.5, 0.6) is 5.75 Å². The lowest BCUT2D eigenvalue weighted by Crippen LogP contribution is -2.52. The van der Waals surface area contributed by atoms with Gasteiger partial charge in [-0.3, -0.25) is 4.90 Å². The van der Waals surface area contributed by atoms with Gasteiger partial charge in [0.1, 0.15) is 35.4 Å². The van der Waals surface area contributed by atoms with Gasteiger partial charge in [-0.1, -0.05) is 6.07 Å². The Bertz CT molecular complexity index is 1520. The fraction of sp³-hybridized carbons (Fsp3) is 0.645. The summed E-state index contributed by atoms with van der Waals surface area (Å²) >= 11 is 0. The lowest BCUT2D eigenvalue weighted by molar-refractivity contribution is 0.0260. The normalized spacial score (nSPS) is 25.6. The number of likely N-dealkylation sites (tertiary alicyclic amines) is 2. The second-order valence-electron chi connectivity index (χ2n) is 13.8. The van der Waals surface area contributed by atoms with E-state index in [9.17, 15) is 13.2 Å². The maximum Gasteiger partial charge on any atom is 0.410 e. The van der Waals surface area contributed by atoms with Crippen molar-refractivity contribution >= 4 is 33.3 Å². The van der Waals surface area contributed by atoms with E-state index < -0.39 is 15.4 Å². The molecule has 0 bridgehead atoms. The highest BCUT2D eigenvalue weighted by atomic mass is 32.2. The van der Waals surface area contributed by atoms with E-state index in [0.717, 1.165) is 61.7 Å². The molecule has 5 aliphatic rings. The van der Waals surface area contributed by atoms with Gasteiger partial charge in [0.15, 0.2) is 9.84 Å². The summed E-state index contributed by atoms with van der Waals surface area (Å²) in [5.74, 6) is 3.51. The van der Waals surface area contributed by atoms with E-state index in [1.54, 1.807) is 6.33 Å². The summed E-state index contributed by atoms with van der Waals surface area (Å²) in [7, 11) is -3.01. The molecule has 3 saturated heterocycles. The number of ether oxygens (including phenoxy) is 2. The first kappa shape index (κ1) is 28.6. The number of hydrogen-bond acceptors (Lipinski definition) is 10. The molecule has 4 aliphatic heterocycles. The highest BCUT2D eigenvalue weighted by molar-refractivity contribution is 7.91. The van der Waals surface area contributed by atoms with Crippen LogP contribution < -0.4 is 15.0 Å². The van der Waals surface area contributed by atoms with E-state index in [0.29, 0.717) is 43.3 Å². The van der Waals surface area contributed by atoms with Gasteiger partial charge in [-0.25, -0.2) is 23.2 Å². The van der Waals surface area contributed by atoms with Crippen LogP contribution >= 0.6 is 0 Å². The molecule has 7 rings (SSSR count). The Balaban J connectivity index is 1.09. The number of amides is 1. The molecule has 0 radical (unpaired) electrons. The largest absolute Gasteiger partial charge is 0.483 e. The average molecular weight is 611 g/mol. The molecule has 11 nitrogen and oxygen atoms in total. The zero-order chi connectivity index (χ0) is 30.1. The summed E-state index contributed by atoms with van der Waals surface area (Å²) in [6.45, 7) is 12.0. The number of fused-ring (bicyclic) bond motifs is 2. The van der Waals surface area contributed by atoms with Crippen LogP contribution in [-0.4, -0.2) is 96.7 Å². The molecule has 5 heterocycles. The Kier molecular flexibility index (Phi) is 7.00. The number of carbonyl (C=O) groups is 1. The Morgan fingerprint density at radius 2 is 1.77 bits per heavy atom. The molecule has 1 aliphatic carbocycles. The summed E-state index contributed by atoms with van der Waals surface area (Å²) in [6, 6.07) is 4.94. The van der Waals surface area contributed by atoms with Crippen molar-refractivity contribution in [3.63, 3.8) is 0 Å². The minimum Gasteiger partial charge on any atom is -0.483 e. The molecule has 4 fully saturated rings. The molecule has 0 spiro atoms. The van der Waals surface area contributed by atoms with Crippen molar-refractivity contribution in [2.45, 2.75) is 76.5 Å². The second kappa shape index (κ2) is 10.5. The molecule has 232 valence electrons. The third-order valence-electron chi connectivity index (χ3n) is 9.33. The summed E-state index contributed by atoms with van der Waals surface area (Å²) in [5.41, 5.74) is 3.88. The summed E-state index contributed by atoms with van der Waals surface area (Å²) in [5, 5.41) is 3.61. The highest BCUT2D eigenvalue weighted by Crippen LogP contribution is 2.52. The van der Waals surface area contributed by atoms with Gasteiger partial charge in [-0.05, 0) is 70.1 Å². The molecular weight excluding hydrogens is 568 g/mol. The molecule has 2 aromatic rings. The van der Waals surface area contributed by atoms with E-state index in [1.807, 2.05) is 37.5 Å². The smallest absolute Gasteiger partial charge is 0.410 e. The molecule has 1 amide bonds. The van der Waals surface area contributed by atoms with Gasteiger partial charge in [0, 0.05) is 51.2 Å². The highest BCUT2D eigenvalue weighted by Gasteiger charge is 2.41. The molecular formula is C31H42N6O5S. The van der Waals surface area contributed by atoms with Crippen LogP contribution in [0.25, 0.3) is 0 Å². The Morgan fingerprint density at radius 1 is 1.02 bits per heavy atom. The number of anilines is 3. The van der Waals surface area contributed by atoms with Crippen molar-refractivity contribution in [3.8, 4) is 5.75 Å².